The summed E-state index contributed by atoms with van der Waals surface area (Å²) < 4.78 is 16.5. The third-order valence-corrected chi connectivity index (χ3v) is 5.58. The van der Waals surface area contributed by atoms with Gasteiger partial charge in [0, 0.05) is 24.2 Å². The molecule has 0 unspecified atom stereocenters. The average Bonchev–Trinajstić information content (AvgIpc) is 3.46. The Balaban J connectivity index is 1.35. The predicted octanol–water partition coefficient (Wildman–Crippen LogP) is 1.52. The van der Waals surface area contributed by atoms with Crippen molar-refractivity contribution in [3.8, 4) is 17.2 Å². The van der Waals surface area contributed by atoms with Gasteiger partial charge in [-0.15, -0.1) is 0 Å². The van der Waals surface area contributed by atoms with Gasteiger partial charge in [0.1, 0.15) is 13.2 Å². The topological polar surface area (TPSA) is 97.3 Å². The number of carboxylic acid groups (broad SMARTS) is 1. The van der Waals surface area contributed by atoms with E-state index in [-0.39, 0.29) is 24.5 Å². The van der Waals surface area contributed by atoms with Crippen molar-refractivity contribution in [2.45, 2.75) is 37.8 Å². The van der Waals surface area contributed by atoms with Crippen LogP contribution in [0, 0.1) is 5.92 Å². The molecule has 1 heterocycles. The fourth-order valence-electron chi connectivity index (χ4n) is 3.83. The number of aliphatic carboxylic acids is 1. The second-order valence-electron chi connectivity index (χ2n) is 7.76. The molecule has 0 saturated heterocycles. The molecule has 8 heteroatoms. The number of nitrogens with zero attached hydrogens (tertiary/aromatic N) is 1. The van der Waals surface area contributed by atoms with Crippen LogP contribution in [0.2, 0.25) is 0 Å². The Hall–Kier alpha value is -2.48. The second kappa shape index (κ2) is 7.87. The Bertz CT molecular complexity index is 740. The molecule has 8 nitrogen and oxygen atoms in total. The molecule has 3 aliphatic rings. The van der Waals surface area contributed by atoms with Crippen LogP contribution in [0.25, 0.3) is 0 Å². The molecule has 28 heavy (non-hydrogen) atoms. The van der Waals surface area contributed by atoms with E-state index in [1.54, 1.807) is 12.1 Å². The van der Waals surface area contributed by atoms with Crippen molar-refractivity contribution in [3.05, 3.63) is 17.7 Å². The second-order valence-corrected chi connectivity index (χ2v) is 7.76. The molecule has 0 spiro atoms. The van der Waals surface area contributed by atoms with Gasteiger partial charge in [-0.1, -0.05) is 0 Å². The number of carbonyl (C=O) groups excluding carboxylic acids is 1. The molecule has 2 saturated carbocycles. The van der Waals surface area contributed by atoms with Crippen molar-refractivity contribution in [1.82, 2.24) is 10.2 Å². The number of methoxy groups -OCH3 is 1. The van der Waals surface area contributed by atoms with Gasteiger partial charge in [-0.3, -0.25) is 14.5 Å². The van der Waals surface area contributed by atoms with Gasteiger partial charge < -0.3 is 24.6 Å². The van der Waals surface area contributed by atoms with Crippen LogP contribution in [0.1, 0.15) is 36.0 Å². The zero-order valence-corrected chi connectivity index (χ0v) is 16.0. The molecule has 152 valence electrons. The third kappa shape index (κ3) is 4.16. The highest BCUT2D eigenvalue weighted by molar-refractivity contribution is 5.96. The molecule has 0 aromatic heterocycles. The van der Waals surface area contributed by atoms with Gasteiger partial charge in [0.2, 0.25) is 5.75 Å². The molecular weight excluding hydrogens is 364 g/mol. The zero-order valence-electron chi connectivity index (χ0n) is 16.0. The summed E-state index contributed by atoms with van der Waals surface area (Å²) in [6.07, 6.45) is 3.92. The van der Waals surface area contributed by atoms with Crippen LogP contribution >= 0.6 is 0 Å². The van der Waals surface area contributed by atoms with E-state index in [0.29, 0.717) is 41.9 Å². The normalized spacial score (nSPS) is 23.1. The number of benzene rings is 1. The molecule has 1 amide bonds. The van der Waals surface area contributed by atoms with Gasteiger partial charge in [0.05, 0.1) is 13.7 Å². The highest BCUT2D eigenvalue weighted by atomic mass is 16.6. The molecule has 2 N–H and O–H groups in total. The molecule has 2 aliphatic carbocycles. The number of hydrogen-bond donors (Lipinski definition) is 2. The Morgan fingerprint density at radius 2 is 2.00 bits per heavy atom. The maximum absolute atomic E-state index is 12.7. The number of hydrogen-bond acceptors (Lipinski definition) is 6. The molecule has 1 aromatic carbocycles. The maximum atomic E-state index is 12.7. The van der Waals surface area contributed by atoms with E-state index in [2.05, 4.69) is 10.2 Å². The van der Waals surface area contributed by atoms with Crippen LogP contribution in [-0.4, -0.2) is 67.4 Å². The van der Waals surface area contributed by atoms with E-state index >= 15 is 0 Å². The minimum absolute atomic E-state index is 0.0483. The molecule has 1 aromatic rings. The van der Waals surface area contributed by atoms with E-state index < -0.39 is 5.97 Å². The van der Waals surface area contributed by atoms with Crippen LogP contribution in [0.3, 0.4) is 0 Å². The Kier molecular flexibility index (Phi) is 5.30. The van der Waals surface area contributed by atoms with E-state index in [1.165, 1.54) is 20.0 Å². The van der Waals surface area contributed by atoms with Gasteiger partial charge >= 0.3 is 5.97 Å². The summed E-state index contributed by atoms with van der Waals surface area (Å²) in [5, 5.41) is 12.2. The number of rotatable bonds is 8. The molecule has 0 bridgehead atoms. The Morgan fingerprint density at radius 3 is 2.68 bits per heavy atom. The quantitative estimate of drug-likeness (QED) is 0.695. The van der Waals surface area contributed by atoms with Gasteiger partial charge in [-0.25, -0.2) is 0 Å². The summed E-state index contributed by atoms with van der Waals surface area (Å²) in [7, 11) is 1.53. The van der Waals surface area contributed by atoms with Crippen LogP contribution in [-0.2, 0) is 4.79 Å². The van der Waals surface area contributed by atoms with E-state index in [4.69, 9.17) is 19.3 Å². The zero-order chi connectivity index (χ0) is 19.7. The minimum Gasteiger partial charge on any atom is -0.493 e. The first-order valence-electron chi connectivity index (χ1n) is 9.78. The van der Waals surface area contributed by atoms with Gasteiger partial charge in [0.15, 0.2) is 11.5 Å². The van der Waals surface area contributed by atoms with Crippen molar-refractivity contribution in [1.29, 1.82) is 0 Å². The smallest absolute Gasteiger partial charge is 0.317 e. The fraction of sp³-hybridized carbons (Fsp3) is 0.600. The predicted molar refractivity (Wildman–Crippen MR) is 100 cm³/mol. The van der Waals surface area contributed by atoms with Crippen molar-refractivity contribution in [2.24, 2.45) is 5.92 Å². The monoisotopic (exact) mass is 390 g/mol. The van der Waals surface area contributed by atoms with Gasteiger partial charge in [0.25, 0.3) is 5.91 Å². The Labute approximate surface area is 163 Å². The van der Waals surface area contributed by atoms with Crippen LogP contribution in [0.5, 0.6) is 17.2 Å². The summed E-state index contributed by atoms with van der Waals surface area (Å²) in [6, 6.07) is 3.60. The average molecular weight is 390 g/mol. The van der Waals surface area contributed by atoms with E-state index in [9.17, 15) is 9.59 Å². The molecule has 1 aliphatic heterocycles. The van der Waals surface area contributed by atoms with E-state index in [1.807, 2.05) is 0 Å². The van der Waals surface area contributed by atoms with Crippen molar-refractivity contribution in [2.75, 3.05) is 33.4 Å². The lowest BCUT2D eigenvalue weighted by Crippen LogP contribution is -2.55. The Morgan fingerprint density at radius 1 is 1.25 bits per heavy atom. The summed E-state index contributed by atoms with van der Waals surface area (Å²) >= 11 is 0. The molecular formula is C20H26N2O6. The van der Waals surface area contributed by atoms with Crippen molar-refractivity contribution >= 4 is 11.9 Å². The molecule has 0 radical (unpaired) electrons. The highest BCUT2D eigenvalue weighted by Crippen LogP contribution is 2.40. The van der Waals surface area contributed by atoms with Crippen molar-refractivity contribution < 1.29 is 28.9 Å². The number of nitrogens with one attached hydrogen (secondary N) is 1. The van der Waals surface area contributed by atoms with Gasteiger partial charge in [-0.05, 0) is 43.7 Å². The third-order valence-electron chi connectivity index (χ3n) is 5.58. The first kappa shape index (κ1) is 18.9. The lowest BCUT2D eigenvalue weighted by molar-refractivity contribution is -0.139. The van der Waals surface area contributed by atoms with E-state index in [0.717, 1.165) is 19.4 Å². The molecule has 0 atom stereocenters. The fourth-order valence-corrected chi connectivity index (χ4v) is 3.83. The summed E-state index contributed by atoms with van der Waals surface area (Å²) in [5.41, 5.74) is 0.463. The molecule has 4 rings (SSSR count). The molecule has 2 fully saturated rings. The summed E-state index contributed by atoms with van der Waals surface area (Å²) in [6.45, 7) is 1.80. The summed E-state index contributed by atoms with van der Waals surface area (Å²) in [4.78, 5) is 25.9. The van der Waals surface area contributed by atoms with Crippen LogP contribution in [0.4, 0.5) is 0 Å². The number of amides is 1. The van der Waals surface area contributed by atoms with Crippen LogP contribution in [0.15, 0.2) is 12.1 Å². The SMILES string of the molecule is COc1cc(C(=O)NC2CC(N(CC(=O)O)CC3CC3)C2)cc2c1OCCO2. The lowest BCUT2D eigenvalue weighted by Gasteiger charge is -2.42. The highest BCUT2D eigenvalue weighted by Gasteiger charge is 2.38. The standard InChI is InChI=1S/C20H26N2O6/c1-26-16-6-13(7-17-19(16)28-5-4-27-17)20(25)21-14-8-15(9-14)22(11-18(23)24)10-12-2-3-12/h6-7,12,14-15H,2-5,8-11H2,1H3,(H,21,25)(H,23,24). The first-order chi connectivity index (χ1) is 13.5. The number of carboxylic acids is 1. The largest absolute Gasteiger partial charge is 0.493 e. The first-order valence-corrected chi connectivity index (χ1v) is 9.78. The van der Waals surface area contributed by atoms with Gasteiger partial charge in [-0.2, -0.15) is 0 Å². The number of fused-ring (bicyclic) bond motifs is 1. The maximum Gasteiger partial charge on any atom is 0.317 e. The summed E-state index contributed by atoms with van der Waals surface area (Å²) in [5.74, 6) is 1.17. The number of ether oxygens (including phenoxy) is 3. The van der Waals surface area contributed by atoms with Crippen LogP contribution < -0.4 is 19.5 Å². The number of carbonyl (C=O) groups is 2. The minimum atomic E-state index is -0.795. The van der Waals surface area contributed by atoms with Crippen molar-refractivity contribution in [3.63, 3.8) is 0 Å². The lowest BCUT2D eigenvalue weighted by atomic mass is 9.85.